The Hall–Kier alpha value is -2.34. The number of fused-ring (bicyclic) bond motifs is 1. The Labute approximate surface area is 133 Å². The number of aromatic nitrogens is 1. The van der Waals surface area contributed by atoms with Crippen molar-refractivity contribution in [3.8, 4) is 0 Å². The lowest BCUT2D eigenvalue weighted by Gasteiger charge is -2.27. The topological polar surface area (TPSA) is 91.4 Å². The number of aliphatic carboxylic acids is 1. The fourth-order valence-electron chi connectivity index (χ4n) is 3.12. The van der Waals surface area contributed by atoms with E-state index in [9.17, 15) is 9.59 Å². The summed E-state index contributed by atoms with van der Waals surface area (Å²) in [5, 5.41) is 13.0. The fraction of sp³-hybridized carbons (Fsp3) is 0.412. The number of hydrogen-bond acceptors (Lipinski definition) is 3. The van der Waals surface area contributed by atoms with Crippen LogP contribution in [0.5, 0.6) is 0 Å². The van der Waals surface area contributed by atoms with Crippen LogP contribution in [0, 0.1) is 0 Å². The molecule has 3 N–H and O–H groups in total. The Morgan fingerprint density at radius 2 is 2.17 bits per heavy atom. The molecule has 2 aromatic rings. The number of amides is 1. The summed E-state index contributed by atoms with van der Waals surface area (Å²) in [6.45, 7) is 0.744. The van der Waals surface area contributed by atoms with Gasteiger partial charge in [0.15, 0.2) is 0 Å². The van der Waals surface area contributed by atoms with Crippen LogP contribution in [-0.4, -0.2) is 40.7 Å². The lowest BCUT2D eigenvalue weighted by atomic mass is 9.94. The van der Waals surface area contributed by atoms with Gasteiger partial charge in [0, 0.05) is 30.1 Å². The van der Waals surface area contributed by atoms with Crippen LogP contribution >= 0.6 is 0 Å². The van der Waals surface area contributed by atoms with Crippen LogP contribution in [0.2, 0.25) is 0 Å². The number of carboxylic acid groups (broad SMARTS) is 1. The molecule has 1 fully saturated rings. The van der Waals surface area contributed by atoms with Crippen LogP contribution in [0.4, 0.5) is 0 Å². The summed E-state index contributed by atoms with van der Waals surface area (Å²) in [6, 6.07) is 7.95. The molecule has 3 rings (SSSR count). The number of benzene rings is 1. The van der Waals surface area contributed by atoms with Gasteiger partial charge in [0.2, 0.25) is 5.91 Å². The predicted molar refractivity (Wildman–Crippen MR) is 85.2 cm³/mol. The quantitative estimate of drug-likeness (QED) is 0.758. The average molecular weight is 316 g/mol. The van der Waals surface area contributed by atoms with Gasteiger partial charge in [-0.25, -0.2) is 0 Å². The molecule has 2 heterocycles. The van der Waals surface area contributed by atoms with Gasteiger partial charge in [-0.05, 0) is 24.5 Å². The molecule has 6 nitrogen and oxygen atoms in total. The zero-order valence-electron chi connectivity index (χ0n) is 12.8. The Balaban J connectivity index is 1.61. The van der Waals surface area contributed by atoms with Crippen molar-refractivity contribution in [3.05, 3.63) is 36.0 Å². The number of rotatable bonds is 6. The third-order valence-electron chi connectivity index (χ3n) is 4.29. The van der Waals surface area contributed by atoms with Gasteiger partial charge in [-0.2, -0.15) is 0 Å². The Morgan fingerprint density at radius 3 is 2.91 bits per heavy atom. The largest absolute Gasteiger partial charge is 0.481 e. The normalized spacial score (nSPS) is 20.7. The molecule has 6 heteroatoms. The molecule has 1 amide bonds. The second-order valence-electron chi connectivity index (χ2n) is 6.06. The monoisotopic (exact) mass is 316 g/mol. The lowest BCUT2D eigenvalue weighted by molar-refractivity contribution is -0.139. The number of hydrogen-bond donors (Lipinski definition) is 3. The second kappa shape index (κ2) is 6.42. The SMILES string of the molecule is O=C(O)CC1(NC(=O)CCc2c[nH]c3ccccc23)CCOC1. The lowest BCUT2D eigenvalue weighted by Crippen LogP contribution is -2.50. The van der Waals surface area contributed by atoms with Crippen LogP contribution in [0.1, 0.15) is 24.8 Å². The van der Waals surface area contributed by atoms with E-state index in [1.165, 1.54) is 0 Å². The molecular formula is C17H20N2O4. The first-order chi connectivity index (χ1) is 11.1. The summed E-state index contributed by atoms with van der Waals surface area (Å²) >= 11 is 0. The summed E-state index contributed by atoms with van der Waals surface area (Å²) in [7, 11) is 0. The van der Waals surface area contributed by atoms with Gasteiger partial charge in [0.1, 0.15) is 0 Å². The maximum atomic E-state index is 12.2. The van der Waals surface area contributed by atoms with Gasteiger partial charge < -0.3 is 20.1 Å². The molecular weight excluding hydrogens is 296 g/mol. The van der Waals surface area contributed by atoms with E-state index in [1.54, 1.807) is 0 Å². The number of nitrogens with one attached hydrogen (secondary N) is 2. The van der Waals surface area contributed by atoms with Crippen molar-refractivity contribution in [1.82, 2.24) is 10.3 Å². The third-order valence-corrected chi connectivity index (χ3v) is 4.29. The van der Waals surface area contributed by atoms with Gasteiger partial charge in [-0.1, -0.05) is 18.2 Å². The first-order valence-corrected chi connectivity index (χ1v) is 7.74. The predicted octanol–water partition coefficient (Wildman–Crippen LogP) is 1.85. The minimum absolute atomic E-state index is 0.105. The molecule has 1 unspecified atom stereocenters. The second-order valence-corrected chi connectivity index (χ2v) is 6.06. The van der Waals surface area contributed by atoms with Crippen molar-refractivity contribution in [3.63, 3.8) is 0 Å². The maximum absolute atomic E-state index is 12.2. The summed E-state index contributed by atoms with van der Waals surface area (Å²) in [4.78, 5) is 26.5. The molecule has 122 valence electrons. The minimum Gasteiger partial charge on any atom is -0.481 e. The zero-order valence-corrected chi connectivity index (χ0v) is 12.8. The van der Waals surface area contributed by atoms with Crippen molar-refractivity contribution in [2.24, 2.45) is 0 Å². The zero-order chi connectivity index (χ0) is 16.3. The molecule has 0 aliphatic carbocycles. The highest BCUT2D eigenvalue weighted by atomic mass is 16.5. The van der Waals surface area contributed by atoms with Gasteiger partial charge >= 0.3 is 5.97 Å². The number of H-pyrrole nitrogens is 1. The molecule has 1 saturated heterocycles. The Morgan fingerprint density at radius 1 is 1.35 bits per heavy atom. The van der Waals surface area contributed by atoms with Crippen LogP contribution in [0.3, 0.4) is 0 Å². The van der Waals surface area contributed by atoms with Gasteiger partial charge in [-0.15, -0.1) is 0 Å². The smallest absolute Gasteiger partial charge is 0.305 e. The van der Waals surface area contributed by atoms with Crippen LogP contribution in [0.25, 0.3) is 10.9 Å². The number of carboxylic acids is 1. The van der Waals surface area contributed by atoms with Crippen LogP contribution in [-0.2, 0) is 20.7 Å². The number of carbonyl (C=O) groups is 2. The summed E-state index contributed by atoms with van der Waals surface area (Å²) in [6.07, 6.45) is 3.29. The summed E-state index contributed by atoms with van der Waals surface area (Å²) in [5.41, 5.74) is 1.38. The molecule has 23 heavy (non-hydrogen) atoms. The van der Waals surface area contributed by atoms with Gasteiger partial charge in [-0.3, -0.25) is 9.59 Å². The first-order valence-electron chi connectivity index (χ1n) is 7.74. The number of para-hydroxylation sites is 1. The van der Waals surface area contributed by atoms with E-state index in [-0.39, 0.29) is 18.9 Å². The van der Waals surface area contributed by atoms with Crippen molar-refractivity contribution in [2.75, 3.05) is 13.2 Å². The summed E-state index contributed by atoms with van der Waals surface area (Å²) in [5.74, 6) is -1.06. The standard InChI is InChI=1S/C17H20N2O4/c20-15(19-17(9-16(21)22)7-8-23-11-17)6-5-12-10-18-14-4-2-1-3-13(12)14/h1-4,10,18H,5-9,11H2,(H,19,20)(H,21,22). The van der Waals surface area contributed by atoms with Crippen molar-refractivity contribution < 1.29 is 19.4 Å². The number of aryl methyl sites for hydroxylation is 1. The van der Waals surface area contributed by atoms with E-state index >= 15 is 0 Å². The highest BCUT2D eigenvalue weighted by Gasteiger charge is 2.38. The van der Waals surface area contributed by atoms with E-state index in [2.05, 4.69) is 10.3 Å². The van der Waals surface area contributed by atoms with E-state index in [1.807, 2.05) is 30.5 Å². The molecule has 1 aromatic heterocycles. The van der Waals surface area contributed by atoms with Crippen LogP contribution < -0.4 is 5.32 Å². The number of ether oxygens (including phenoxy) is 1. The average Bonchev–Trinajstić information content (AvgIpc) is 3.11. The van der Waals surface area contributed by atoms with E-state index < -0.39 is 11.5 Å². The third kappa shape index (κ3) is 3.53. The van der Waals surface area contributed by atoms with E-state index in [0.29, 0.717) is 25.9 Å². The Bertz CT molecular complexity index is 716. The molecule has 1 aliphatic heterocycles. The fourth-order valence-corrected chi connectivity index (χ4v) is 3.12. The summed E-state index contributed by atoms with van der Waals surface area (Å²) < 4.78 is 5.29. The molecule has 1 atom stereocenters. The maximum Gasteiger partial charge on any atom is 0.305 e. The van der Waals surface area contributed by atoms with Crippen LogP contribution in [0.15, 0.2) is 30.5 Å². The molecule has 0 saturated carbocycles. The van der Waals surface area contributed by atoms with Crippen molar-refractivity contribution >= 4 is 22.8 Å². The van der Waals surface area contributed by atoms with E-state index in [4.69, 9.17) is 9.84 Å². The highest BCUT2D eigenvalue weighted by Crippen LogP contribution is 2.23. The Kier molecular flexibility index (Phi) is 4.34. The number of carbonyl (C=O) groups excluding carboxylic acids is 1. The van der Waals surface area contributed by atoms with Gasteiger partial charge in [0.05, 0.1) is 18.6 Å². The van der Waals surface area contributed by atoms with Gasteiger partial charge in [0.25, 0.3) is 0 Å². The number of aromatic amines is 1. The van der Waals surface area contributed by atoms with E-state index in [0.717, 1.165) is 16.5 Å². The van der Waals surface area contributed by atoms with Crippen molar-refractivity contribution in [1.29, 1.82) is 0 Å². The first kappa shape index (κ1) is 15.6. The molecule has 0 spiro atoms. The highest BCUT2D eigenvalue weighted by molar-refractivity contribution is 5.84. The molecule has 0 radical (unpaired) electrons. The molecule has 0 bridgehead atoms. The molecule has 1 aromatic carbocycles. The van der Waals surface area contributed by atoms with Crippen molar-refractivity contribution in [2.45, 2.75) is 31.2 Å². The minimum atomic E-state index is -0.924. The molecule has 1 aliphatic rings.